The van der Waals surface area contributed by atoms with Gasteiger partial charge in [0.25, 0.3) is 5.91 Å². The van der Waals surface area contributed by atoms with Crippen LogP contribution in [-0.2, 0) is 18.2 Å². The van der Waals surface area contributed by atoms with Crippen LogP contribution in [0.2, 0.25) is 0 Å². The normalized spacial score (nSPS) is 18.3. The second kappa shape index (κ2) is 11.4. The molecule has 0 unspecified atom stereocenters. The first-order valence-corrected chi connectivity index (χ1v) is 14.8. The van der Waals surface area contributed by atoms with Crippen LogP contribution in [0.15, 0.2) is 60.8 Å². The van der Waals surface area contributed by atoms with Crippen LogP contribution in [0.4, 0.5) is 10.1 Å². The molecule has 1 saturated heterocycles. The number of nitrogens with zero attached hydrogens (tertiary/aromatic N) is 8. The van der Waals surface area contributed by atoms with Crippen molar-refractivity contribution in [3.63, 3.8) is 0 Å². The van der Waals surface area contributed by atoms with Crippen molar-refractivity contribution in [1.29, 1.82) is 0 Å². The summed E-state index contributed by atoms with van der Waals surface area (Å²) in [6, 6.07) is 16.6. The number of hydrogen-bond acceptors (Lipinski definition) is 8. The molecule has 2 atom stereocenters. The van der Waals surface area contributed by atoms with E-state index in [1.54, 1.807) is 36.0 Å². The Kier molecular flexibility index (Phi) is 7.31. The summed E-state index contributed by atoms with van der Waals surface area (Å²) in [5, 5.41) is 22.4. The predicted octanol–water partition coefficient (Wildman–Crippen LogP) is 3.68. The molecule has 1 amide bonds. The van der Waals surface area contributed by atoms with Gasteiger partial charge in [-0.25, -0.2) is 13.9 Å². The summed E-state index contributed by atoms with van der Waals surface area (Å²) in [5.74, 6) is -0.603. The summed E-state index contributed by atoms with van der Waals surface area (Å²) in [7, 11) is 1.72. The highest BCUT2D eigenvalue weighted by molar-refractivity contribution is 5.94. The summed E-state index contributed by atoms with van der Waals surface area (Å²) in [6.45, 7) is 4.27. The molecule has 0 saturated carbocycles. The molecule has 12 heteroatoms. The molecule has 0 bridgehead atoms. The minimum atomic E-state index is -0.413. The van der Waals surface area contributed by atoms with Gasteiger partial charge in [0.2, 0.25) is 0 Å². The van der Waals surface area contributed by atoms with Crippen molar-refractivity contribution < 1.29 is 19.0 Å². The highest BCUT2D eigenvalue weighted by atomic mass is 19.1. The number of carbonyl (C=O) groups is 1. The number of aliphatic hydroxyl groups is 1. The van der Waals surface area contributed by atoms with Crippen molar-refractivity contribution in [3.8, 4) is 22.6 Å². The van der Waals surface area contributed by atoms with Crippen molar-refractivity contribution in [2.45, 2.75) is 31.9 Å². The first kappa shape index (κ1) is 28.1. The zero-order valence-corrected chi connectivity index (χ0v) is 24.6. The molecular formula is C32H33FN8O3. The molecule has 226 valence electrons. The Morgan fingerprint density at radius 3 is 2.75 bits per heavy atom. The smallest absolute Gasteiger partial charge is 0.273 e. The minimum Gasteiger partial charge on any atom is -0.394 e. The Labute approximate surface area is 253 Å². The fourth-order valence-corrected chi connectivity index (χ4v) is 6.28. The molecular weight excluding hydrogens is 563 g/mol. The average Bonchev–Trinajstić information content (AvgIpc) is 3.79. The third kappa shape index (κ3) is 5.09. The van der Waals surface area contributed by atoms with E-state index < -0.39 is 5.82 Å². The lowest BCUT2D eigenvalue weighted by Crippen LogP contribution is -2.39. The number of halogens is 1. The van der Waals surface area contributed by atoms with Crippen molar-refractivity contribution in [2.24, 2.45) is 7.05 Å². The van der Waals surface area contributed by atoms with Gasteiger partial charge >= 0.3 is 0 Å². The molecule has 3 aromatic heterocycles. The Morgan fingerprint density at radius 2 is 1.95 bits per heavy atom. The van der Waals surface area contributed by atoms with Crippen LogP contribution in [0.1, 0.15) is 41.0 Å². The van der Waals surface area contributed by atoms with E-state index in [-0.39, 0.29) is 30.4 Å². The van der Waals surface area contributed by atoms with Gasteiger partial charge in [0.15, 0.2) is 5.65 Å². The molecule has 0 spiro atoms. The predicted molar refractivity (Wildman–Crippen MR) is 162 cm³/mol. The quantitative estimate of drug-likeness (QED) is 0.303. The highest BCUT2D eigenvalue weighted by Gasteiger charge is 2.30. The van der Waals surface area contributed by atoms with Crippen LogP contribution in [0.5, 0.6) is 0 Å². The molecule has 5 aromatic rings. The standard InChI is InChI=1S/C32H33FN8O3/c1-20-24-6-4-3-5-21(24)9-12-40(20)32(43)28-16-30(29-18-34-38(2)36-29)41-31(35-28)17-27(37-41)25-8-7-22(15-26(25)33)39-11-10-23(19-39)44-14-13-42/h3-8,15-18,20,23,42H,9-14,19H2,1-2H3/t20-,23+/m1/s1. The van der Waals surface area contributed by atoms with Crippen molar-refractivity contribution in [1.82, 2.24) is 34.5 Å². The number of aryl methyl sites for hydroxylation is 1. The Bertz CT molecular complexity index is 1850. The largest absolute Gasteiger partial charge is 0.394 e. The van der Waals surface area contributed by atoms with Gasteiger partial charge in [0.1, 0.15) is 17.2 Å². The van der Waals surface area contributed by atoms with Crippen LogP contribution in [-0.4, -0.2) is 84.5 Å². The molecule has 44 heavy (non-hydrogen) atoms. The summed E-state index contributed by atoms with van der Waals surface area (Å²) < 4.78 is 22.9. The fourth-order valence-electron chi connectivity index (χ4n) is 6.28. The van der Waals surface area contributed by atoms with Crippen molar-refractivity contribution >= 4 is 17.2 Å². The molecule has 5 heterocycles. The Balaban J connectivity index is 1.23. The molecule has 2 aliphatic rings. The Hall–Kier alpha value is -4.68. The monoisotopic (exact) mass is 596 g/mol. The van der Waals surface area contributed by atoms with Gasteiger partial charge in [0.05, 0.1) is 42.9 Å². The van der Waals surface area contributed by atoms with Gasteiger partial charge in [-0.15, -0.1) is 0 Å². The molecule has 7 rings (SSSR count). The van der Waals surface area contributed by atoms with Crippen LogP contribution in [0.25, 0.3) is 28.3 Å². The minimum absolute atomic E-state index is 0.00785. The van der Waals surface area contributed by atoms with Crippen molar-refractivity contribution in [2.75, 3.05) is 37.7 Å². The summed E-state index contributed by atoms with van der Waals surface area (Å²) in [6.07, 6.45) is 3.20. The number of aliphatic hydroxyl groups excluding tert-OH is 1. The number of ether oxygens (including phenoxy) is 1. The molecule has 2 aliphatic heterocycles. The fraction of sp³-hybridized carbons (Fsp3) is 0.344. The maximum absolute atomic E-state index is 15.6. The van der Waals surface area contributed by atoms with Crippen LogP contribution in [0.3, 0.4) is 0 Å². The number of aromatic nitrogens is 6. The van der Waals surface area contributed by atoms with E-state index in [9.17, 15) is 4.79 Å². The number of carbonyl (C=O) groups excluding carboxylic acids is 1. The van der Waals surface area contributed by atoms with Crippen LogP contribution < -0.4 is 4.90 Å². The lowest BCUT2D eigenvalue weighted by Gasteiger charge is -2.35. The van der Waals surface area contributed by atoms with E-state index >= 15 is 4.39 Å². The molecule has 11 nitrogen and oxygen atoms in total. The number of amides is 1. The van der Waals surface area contributed by atoms with Crippen molar-refractivity contribution in [3.05, 3.63) is 83.4 Å². The number of benzene rings is 2. The van der Waals surface area contributed by atoms with E-state index in [4.69, 9.17) is 19.9 Å². The van der Waals surface area contributed by atoms with E-state index in [1.807, 2.05) is 30.0 Å². The summed E-state index contributed by atoms with van der Waals surface area (Å²) in [5.41, 5.74) is 5.58. The van der Waals surface area contributed by atoms with Crippen LogP contribution in [0, 0.1) is 5.82 Å². The van der Waals surface area contributed by atoms with Gasteiger partial charge in [-0.2, -0.15) is 20.1 Å². The maximum Gasteiger partial charge on any atom is 0.273 e. The summed E-state index contributed by atoms with van der Waals surface area (Å²) in [4.78, 5) is 24.0. The first-order chi connectivity index (χ1) is 21.4. The number of rotatable bonds is 7. The second-order valence-electron chi connectivity index (χ2n) is 11.3. The third-order valence-corrected chi connectivity index (χ3v) is 8.55. The molecule has 0 radical (unpaired) electrons. The van der Waals surface area contributed by atoms with E-state index in [1.165, 1.54) is 16.4 Å². The zero-order chi connectivity index (χ0) is 30.4. The van der Waals surface area contributed by atoms with E-state index in [0.29, 0.717) is 48.0 Å². The van der Waals surface area contributed by atoms with E-state index in [0.717, 1.165) is 30.6 Å². The maximum atomic E-state index is 15.6. The Morgan fingerprint density at radius 1 is 1.09 bits per heavy atom. The van der Waals surface area contributed by atoms with Gasteiger partial charge in [0, 0.05) is 44.0 Å². The summed E-state index contributed by atoms with van der Waals surface area (Å²) >= 11 is 0. The van der Waals surface area contributed by atoms with Crippen LogP contribution >= 0.6 is 0 Å². The molecule has 2 aromatic carbocycles. The average molecular weight is 597 g/mol. The SMILES string of the molecule is C[C@@H]1c2ccccc2CCN1C(=O)c1cc(-c2cnn(C)n2)n2nc(-c3ccc(N4CC[C@H](OCCO)C4)cc3F)cc2n1. The van der Waals surface area contributed by atoms with Gasteiger partial charge in [-0.1, -0.05) is 24.3 Å². The van der Waals surface area contributed by atoms with Gasteiger partial charge in [-0.05, 0) is 55.2 Å². The lowest BCUT2D eigenvalue weighted by atomic mass is 9.93. The topological polar surface area (TPSA) is 114 Å². The molecule has 1 fully saturated rings. The number of hydrogen-bond donors (Lipinski definition) is 1. The van der Waals surface area contributed by atoms with E-state index in [2.05, 4.69) is 27.2 Å². The molecule has 1 N–H and O–H groups in total. The zero-order valence-electron chi connectivity index (χ0n) is 24.6. The second-order valence-corrected chi connectivity index (χ2v) is 11.3. The van der Waals surface area contributed by atoms with Gasteiger partial charge in [-0.3, -0.25) is 4.79 Å². The number of fused-ring (bicyclic) bond motifs is 2. The highest BCUT2D eigenvalue weighted by Crippen LogP contribution is 2.33. The van der Waals surface area contributed by atoms with Gasteiger partial charge < -0.3 is 19.6 Å². The first-order valence-electron chi connectivity index (χ1n) is 14.8. The third-order valence-electron chi connectivity index (χ3n) is 8.55. The lowest BCUT2D eigenvalue weighted by molar-refractivity contribution is 0.0411. The number of anilines is 1. The molecule has 0 aliphatic carbocycles.